The molecule has 0 saturated carbocycles. The van der Waals surface area contributed by atoms with E-state index in [2.05, 4.69) is 0 Å². The lowest BCUT2D eigenvalue weighted by Crippen LogP contribution is -1.80. The van der Waals surface area contributed by atoms with Crippen molar-refractivity contribution >= 4 is 23.5 Å². The number of furan rings is 2. The highest BCUT2D eigenvalue weighted by Gasteiger charge is 2.17. The van der Waals surface area contributed by atoms with Gasteiger partial charge in [-0.15, -0.1) is 11.3 Å². The Morgan fingerprint density at radius 3 is 1.85 bits per heavy atom. The van der Waals surface area contributed by atoms with Gasteiger partial charge in [-0.3, -0.25) is 0 Å². The van der Waals surface area contributed by atoms with Gasteiger partial charge in [0.15, 0.2) is 0 Å². The largest absolute Gasteiger partial charge is 0.495 e. The number of hydrogen-bond donors (Lipinski definition) is 0. The Labute approximate surface area is 193 Å². The van der Waals surface area contributed by atoms with E-state index in [4.69, 9.17) is 34.6 Å². The van der Waals surface area contributed by atoms with Gasteiger partial charge in [0, 0.05) is 6.07 Å². The van der Waals surface area contributed by atoms with Gasteiger partial charge in [0.25, 0.3) is 0 Å². The molecule has 0 aliphatic carbocycles. The molecule has 0 aliphatic rings. The molecule has 7 nitrogen and oxygen atoms in total. The number of methoxy groups -OCH3 is 1. The van der Waals surface area contributed by atoms with E-state index in [1.54, 1.807) is 67.8 Å². The lowest BCUT2D eigenvalue weighted by atomic mass is 10.3. The van der Waals surface area contributed by atoms with E-state index in [0.717, 1.165) is 9.75 Å². The van der Waals surface area contributed by atoms with Crippen LogP contribution in [0.1, 0.15) is 11.5 Å². The maximum absolute atomic E-state index is 8.77. The molecule has 0 saturated heterocycles. The van der Waals surface area contributed by atoms with Gasteiger partial charge in [-0.05, 0) is 48.6 Å². The van der Waals surface area contributed by atoms with Crippen LogP contribution in [0.15, 0.2) is 74.6 Å². The van der Waals surface area contributed by atoms with Crippen molar-refractivity contribution in [2.45, 2.75) is 0 Å². The molecule has 0 aromatic carbocycles. The minimum atomic E-state index is 0.00171. The second-order valence-electron chi connectivity index (χ2n) is 6.24. The highest BCUT2D eigenvalue weighted by atomic mass is 32.1. The Bertz CT molecular complexity index is 1420. The maximum atomic E-state index is 8.77. The summed E-state index contributed by atoms with van der Waals surface area (Å²) in [6.07, 6.45) is 9.29. The van der Waals surface area contributed by atoms with Crippen molar-refractivity contribution in [3.63, 3.8) is 0 Å². The highest BCUT2D eigenvalue weighted by Crippen LogP contribution is 2.43. The molecule has 158 valence electrons. The number of nitriles is 4. The number of rotatable bonds is 7. The fourth-order valence-corrected chi connectivity index (χ4v) is 3.69. The predicted octanol–water partition coefficient (Wildman–Crippen LogP) is 6.25. The number of hydrogen-bond acceptors (Lipinski definition) is 8. The molecule has 0 N–H and O–H groups in total. The Morgan fingerprint density at radius 2 is 1.33 bits per heavy atom. The molecule has 0 unspecified atom stereocenters. The highest BCUT2D eigenvalue weighted by molar-refractivity contribution is 7.19. The molecular weight excluding hydrogens is 436 g/mol. The molecule has 0 bridgehead atoms. The molecule has 0 fully saturated rings. The lowest BCUT2D eigenvalue weighted by Gasteiger charge is -1.97. The molecule has 8 heteroatoms. The van der Waals surface area contributed by atoms with Crippen molar-refractivity contribution in [2.75, 3.05) is 7.11 Å². The maximum Gasteiger partial charge on any atom is 0.148 e. The molecule has 3 aromatic rings. The van der Waals surface area contributed by atoms with Crippen molar-refractivity contribution in [1.82, 2.24) is 0 Å². The van der Waals surface area contributed by atoms with Crippen LogP contribution in [0.3, 0.4) is 0 Å². The van der Waals surface area contributed by atoms with Gasteiger partial charge < -0.3 is 13.6 Å². The van der Waals surface area contributed by atoms with Crippen molar-refractivity contribution in [3.8, 4) is 51.3 Å². The van der Waals surface area contributed by atoms with Gasteiger partial charge in [-0.25, -0.2) is 0 Å². The van der Waals surface area contributed by atoms with Gasteiger partial charge in [0.1, 0.15) is 69.1 Å². The van der Waals surface area contributed by atoms with E-state index in [-0.39, 0.29) is 11.1 Å². The van der Waals surface area contributed by atoms with Crippen LogP contribution in [-0.2, 0) is 0 Å². The average Bonchev–Trinajstić information content (AvgIpc) is 3.58. The molecular formula is C25H14N4O3S. The van der Waals surface area contributed by atoms with Crippen LogP contribution in [0, 0.1) is 45.3 Å². The molecule has 0 aliphatic heterocycles. The van der Waals surface area contributed by atoms with Crippen molar-refractivity contribution in [1.29, 1.82) is 21.0 Å². The lowest BCUT2D eigenvalue weighted by molar-refractivity contribution is 0.416. The van der Waals surface area contributed by atoms with Gasteiger partial charge in [0.2, 0.25) is 0 Å². The molecule has 3 aromatic heterocycles. The first-order valence-corrected chi connectivity index (χ1v) is 10.2. The van der Waals surface area contributed by atoms with Gasteiger partial charge in [-0.1, -0.05) is 12.2 Å². The van der Waals surface area contributed by atoms with Gasteiger partial charge >= 0.3 is 0 Å². The summed E-state index contributed by atoms with van der Waals surface area (Å²) in [7, 11) is 1.57. The molecule has 33 heavy (non-hydrogen) atoms. The van der Waals surface area contributed by atoms with E-state index in [9.17, 15) is 0 Å². The minimum Gasteiger partial charge on any atom is -0.495 e. The third kappa shape index (κ3) is 5.57. The standard InChI is InChI=1S/C25H14N4O3S/c1-30-23-12-24(21-10-8-19(31-21)6-2-4-17(13-26)14-27)33-25(23)22-11-9-20(32-22)7-3-5-18(15-28)16-29/h2-12H,1H3/b6-2+,7-3+. The van der Waals surface area contributed by atoms with Crippen molar-refractivity contribution in [2.24, 2.45) is 0 Å². The Morgan fingerprint density at radius 1 is 0.818 bits per heavy atom. The summed E-state index contributed by atoms with van der Waals surface area (Å²) in [5, 5.41) is 35.1. The topological polar surface area (TPSA) is 131 Å². The van der Waals surface area contributed by atoms with E-state index in [1.807, 2.05) is 18.2 Å². The molecule has 0 atom stereocenters. The Kier molecular flexibility index (Phi) is 7.45. The number of nitrogens with zero attached hydrogens (tertiary/aromatic N) is 4. The summed E-state index contributed by atoms with van der Waals surface area (Å²) >= 11 is 1.43. The summed E-state index contributed by atoms with van der Waals surface area (Å²) in [5.74, 6) is 2.98. The van der Waals surface area contributed by atoms with Crippen LogP contribution in [0.2, 0.25) is 0 Å². The predicted molar refractivity (Wildman–Crippen MR) is 123 cm³/mol. The fourth-order valence-electron chi connectivity index (χ4n) is 2.64. The molecule has 3 heterocycles. The van der Waals surface area contributed by atoms with E-state index >= 15 is 0 Å². The summed E-state index contributed by atoms with van der Waals surface area (Å²) < 4.78 is 17.2. The summed E-state index contributed by atoms with van der Waals surface area (Å²) in [6.45, 7) is 0. The molecule has 3 rings (SSSR count). The van der Waals surface area contributed by atoms with Crippen LogP contribution >= 0.6 is 11.3 Å². The van der Waals surface area contributed by atoms with Crippen LogP contribution in [0.4, 0.5) is 0 Å². The van der Waals surface area contributed by atoms with E-state index in [1.165, 1.54) is 23.5 Å². The smallest absolute Gasteiger partial charge is 0.148 e. The normalized spacial score (nSPS) is 10.2. The molecule has 0 amide bonds. The zero-order chi connectivity index (χ0) is 23.6. The van der Waals surface area contributed by atoms with Crippen LogP contribution < -0.4 is 4.74 Å². The van der Waals surface area contributed by atoms with E-state index in [0.29, 0.717) is 28.8 Å². The zero-order valence-corrected chi connectivity index (χ0v) is 18.1. The molecule has 0 radical (unpaired) electrons. The Hall–Kier alpha value is -5.02. The van der Waals surface area contributed by atoms with Crippen molar-refractivity contribution < 1.29 is 13.6 Å². The third-order valence-electron chi connectivity index (χ3n) is 4.17. The average molecular weight is 450 g/mol. The monoisotopic (exact) mass is 450 g/mol. The summed E-state index contributed by atoms with van der Waals surface area (Å²) in [6, 6.07) is 16.2. The van der Waals surface area contributed by atoms with Gasteiger partial charge in [-0.2, -0.15) is 21.0 Å². The Balaban J connectivity index is 1.83. The van der Waals surface area contributed by atoms with E-state index < -0.39 is 0 Å². The zero-order valence-electron chi connectivity index (χ0n) is 17.3. The summed E-state index contributed by atoms with van der Waals surface area (Å²) in [5.41, 5.74) is 0.00626. The second-order valence-corrected chi connectivity index (χ2v) is 7.29. The second kappa shape index (κ2) is 10.8. The fraction of sp³-hybridized carbons (Fsp3) is 0.0400. The summed E-state index contributed by atoms with van der Waals surface area (Å²) in [4.78, 5) is 1.61. The minimum absolute atomic E-state index is 0.00171. The third-order valence-corrected chi connectivity index (χ3v) is 5.31. The number of allylic oxidation sites excluding steroid dienone is 6. The SMILES string of the molecule is COc1cc(-c2ccc(/C=C/C=C(C#N)C#N)o2)sc1-c1ccc(/C=C/C=C(C#N)C#N)o1. The number of thiophene rings is 1. The first kappa shape index (κ1) is 22.7. The first-order chi connectivity index (χ1) is 16.1. The van der Waals surface area contributed by atoms with Crippen LogP contribution in [-0.4, -0.2) is 7.11 Å². The van der Waals surface area contributed by atoms with Crippen molar-refractivity contribution in [3.05, 3.63) is 77.3 Å². The number of ether oxygens (including phenoxy) is 1. The van der Waals surface area contributed by atoms with Gasteiger partial charge in [0.05, 0.1) is 12.0 Å². The first-order valence-electron chi connectivity index (χ1n) is 9.37. The quantitative estimate of drug-likeness (QED) is 0.307. The molecule has 0 spiro atoms. The van der Waals surface area contributed by atoms with Crippen LogP contribution in [0.5, 0.6) is 5.75 Å². The van der Waals surface area contributed by atoms with Crippen LogP contribution in [0.25, 0.3) is 33.4 Å².